The molecule has 1 heterocycles. The first-order valence-corrected chi connectivity index (χ1v) is 7.05. The first-order valence-electron chi connectivity index (χ1n) is 7.05. The van der Waals surface area contributed by atoms with Gasteiger partial charge in [0.1, 0.15) is 5.75 Å². The minimum Gasteiger partial charge on any atom is -0.406 e. The standard InChI is InChI=1S/C15H21F3N2O/c1-14(2)8-3-9-20(14)13(10-19)11-4-6-12(7-5-11)21-15(16,17)18/h4-7,13H,3,8-10,19H2,1-2H3. The van der Waals surface area contributed by atoms with Gasteiger partial charge in [-0.3, -0.25) is 4.90 Å². The second kappa shape index (κ2) is 5.85. The summed E-state index contributed by atoms with van der Waals surface area (Å²) in [6.07, 6.45) is -2.46. The van der Waals surface area contributed by atoms with Crippen molar-refractivity contribution < 1.29 is 17.9 Å². The molecule has 1 atom stereocenters. The average Bonchev–Trinajstić information content (AvgIpc) is 2.71. The van der Waals surface area contributed by atoms with Crippen LogP contribution < -0.4 is 10.5 Å². The highest BCUT2D eigenvalue weighted by molar-refractivity contribution is 5.30. The van der Waals surface area contributed by atoms with Crippen LogP contribution in [0.15, 0.2) is 24.3 Å². The van der Waals surface area contributed by atoms with Crippen molar-refractivity contribution in [1.29, 1.82) is 0 Å². The zero-order valence-electron chi connectivity index (χ0n) is 12.3. The number of hydrogen-bond donors (Lipinski definition) is 1. The molecule has 1 saturated heterocycles. The van der Waals surface area contributed by atoms with Crippen molar-refractivity contribution in [2.24, 2.45) is 5.73 Å². The third-order valence-electron chi connectivity index (χ3n) is 4.06. The lowest BCUT2D eigenvalue weighted by atomic mass is 9.97. The van der Waals surface area contributed by atoms with Crippen LogP contribution in [0.5, 0.6) is 5.75 Å². The Labute approximate surface area is 122 Å². The molecular weight excluding hydrogens is 281 g/mol. The summed E-state index contributed by atoms with van der Waals surface area (Å²) in [5, 5.41) is 0. The van der Waals surface area contributed by atoms with Gasteiger partial charge >= 0.3 is 6.36 Å². The molecule has 6 heteroatoms. The van der Waals surface area contributed by atoms with Crippen LogP contribution in [0.4, 0.5) is 13.2 Å². The highest BCUT2D eigenvalue weighted by atomic mass is 19.4. The topological polar surface area (TPSA) is 38.5 Å². The fraction of sp³-hybridized carbons (Fsp3) is 0.600. The van der Waals surface area contributed by atoms with Gasteiger partial charge in [-0.1, -0.05) is 12.1 Å². The Morgan fingerprint density at radius 1 is 1.29 bits per heavy atom. The summed E-state index contributed by atoms with van der Waals surface area (Å²) in [4.78, 5) is 2.33. The summed E-state index contributed by atoms with van der Waals surface area (Å²) < 4.78 is 40.4. The second-order valence-corrected chi connectivity index (χ2v) is 5.98. The number of halogens is 3. The van der Waals surface area contributed by atoms with Crippen LogP contribution in [0, 0.1) is 0 Å². The molecule has 0 spiro atoms. The number of ether oxygens (including phenoxy) is 1. The molecule has 1 unspecified atom stereocenters. The molecule has 3 nitrogen and oxygen atoms in total. The molecule has 0 saturated carbocycles. The predicted octanol–water partition coefficient (Wildman–Crippen LogP) is 3.46. The van der Waals surface area contributed by atoms with Gasteiger partial charge in [0, 0.05) is 18.1 Å². The number of nitrogens with zero attached hydrogens (tertiary/aromatic N) is 1. The van der Waals surface area contributed by atoms with Crippen molar-refractivity contribution in [3.05, 3.63) is 29.8 Å². The monoisotopic (exact) mass is 302 g/mol. The first-order chi connectivity index (χ1) is 9.73. The molecule has 0 radical (unpaired) electrons. The molecule has 2 N–H and O–H groups in total. The van der Waals surface area contributed by atoms with Gasteiger partial charge < -0.3 is 10.5 Å². The minimum absolute atomic E-state index is 0.0161. The van der Waals surface area contributed by atoms with E-state index in [1.54, 1.807) is 12.1 Å². The van der Waals surface area contributed by atoms with Crippen molar-refractivity contribution in [2.45, 2.75) is 44.6 Å². The molecule has 21 heavy (non-hydrogen) atoms. The Morgan fingerprint density at radius 2 is 1.90 bits per heavy atom. The Hall–Kier alpha value is -1.27. The Balaban J connectivity index is 2.16. The number of nitrogens with two attached hydrogens (primary N) is 1. The summed E-state index contributed by atoms with van der Waals surface area (Å²) in [5.41, 5.74) is 6.87. The molecule has 1 fully saturated rings. The van der Waals surface area contributed by atoms with Gasteiger partial charge in [0.05, 0.1) is 0 Å². The van der Waals surface area contributed by atoms with Crippen LogP contribution in [-0.4, -0.2) is 29.9 Å². The van der Waals surface area contributed by atoms with Gasteiger partial charge in [0.15, 0.2) is 0 Å². The van der Waals surface area contributed by atoms with Crippen LogP contribution in [0.3, 0.4) is 0 Å². The van der Waals surface area contributed by atoms with Gasteiger partial charge in [-0.15, -0.1) is 13.2 Å². The van der Waals surface area contributed by atoms with Crippen LogP contribution in [-0.2, 0) is 0 Å². The summed E-state index contributed by atoms with van der Waals surface area (Å²) in [6, 6.07) is 6.02. The third-order valence-corrected chi connectivity index (χ3v) is 4.06. The summed E-state index contributed by atoms with van der Waals surface area (Å²) in [6.45, 7) is 5.73. The van der Waals surface area contributed by atoms with E-state index < -0.39 is 6.36 Å². The average molecular weight is 302 g/mol. The van der Waals surface area contributed by atoms with E-state index in [1.807, 2.05) is 0 Å². The quantitative estimate of drug-likeness (QED) is 0.925. The van der Waals surface area contributed by atoms with E-state index in [0.29, 0.717) is 6.54 Å². The lowest BCUT2D eigenvalue weighted by Gasteiger charge is -2.38. The van der Waals surface area contributed by atoms with E-state index >= 15 is 0 Å². The van der Waals surface area contributed by atoms with E-state index in [4.69, 9.17) is 5.73 Å². The fourth-order valence-corrected chi connectivity index (χ4v) is 3.04. The second-order valence-electron chi connectivity index (χ2n) is 5.98. The number of benzene rings is 1. The lowest BCUT2D eigenvalue weighted by molar-refractivity contribution is -0.274. The van der Waals surface area contributed by atoms with Gasteiger partial charge in [0.2, 0.25) is 0 Å². The van der Waals surface area contributed by atoms with E-state index in [-0.39, 0.29) is 17.3 Å². The SMILES string of the molecule is CC1(C)CCCN1C(CN)c1ccc(OC(F)(F)F)cc1. The number of likely N-dealkylation sites (tertiary alicyclic amines) is 1. The van der Waals surface area contributed by atoms with Gasteiger partial charge in [0.25, 0.3) is 0 Å². The largest absolute Gasteiger partial charge is 0.573 e. The summed E-state index contributed by atoms with van der Waals surface area (Å²) >= 11 is 0. The molecule has 2 rings (SSSR count). The van der Waals surface area contributed by atoms with Crippen molar-refractivity contribution in [2.75, 3.05) is 13.1 Å². The molecule has 1 aliphatic heterocycles. The zero-order valence-corrected chi connectivity index (χ0v) is 12.3. The van der Waals surface area contributed by atoms with E-state index in [9.17, 15) is 13.2 Å². The fourth-order valence-electron chi connectivity index (χ4n) is 3.04. The van der Waals surface area contributed by atoms with Crippen molar-refractivity contribution in [3.8, 4) is 5.75 Å². The van der Waals surface area contributed by atoms with E-state index in [0.717, 1.165) is 24.9 Å². The van der Waals surface area contributed by atoms with Crippen molar-refractivity contribution in [1.82, 2.24) is 4.90 Å². The Bertz CT molecular complexity index is 471. The van der Waals surface area contributed by atoms with Gasteiger partial charge in [-0.2, -0.15) is 0 Å². The summed E-state index contributed by atoms with van der Waals surface area (Å²) in [7, 11) is 0. The molecule has 0 bridgehead atoms. The highest BCUT2D eigenvalue weighted by Gasteiger charge is 2.37. The van der Waals surface area contributed by atoms with Crippen molar-refractivity contribution >= 4 is 0 Å². The predicted molar refractivity (Wildman–Crippen MR) is 74.9 cm³/mol. The Kier molecular flexibility index (Phi) is 4.49. The normalized spacial score (nSPS) is 20.5. The number of hydrogen-bond acceptors (Lipinski definition) is 3. The molecule has 1 aromatic rings. The van der Waals surface area contributed by atoms with E-state index in [1.165, 1.54) is 12.1 Å². The molecule has 1 aromatic carbocycles. The maximum Gasteiger partial charge on any atom is 0.573 e. The van der Waals surface area contributed by atoms with Crippen LogP contribution in [0.2, 0.25) is 0 Å². The molecule has 0 amide bonds. The molecule has 0 aliphatic carbocycles. The van der Waals surface area contributed by atoms with Crippen LogP contribution >= 0.6 is 0 Å². The highest BCUT2D eigenvalue weighted by Crippen LogP contribution is 2.36. The minimum atomic E-state index is -4.66. The third kappa shape index (κ3) is 3.89. The maximum atomic E-state index is 12.2. The maximum absolute atomic E-state index is 12.2. The zero-order chi connectivity index (χ0) is 15.7. The van der Waals surface area contributed by atoms with Crippen LogP contribution in [0.1, 0.15) is 38.3 Å². The van der Waals surface area contributed by atoms with Crippen molar-refractivity contribution in [3.63, 3.8) is 0 Å². The lowest BCUT2D eigenvalue weighted by Crippen LogP contribution is -2.43. The summed E-state index contributed by atoms with van der Waals surface area (Å²) in [5.74, 6) is -0.206. The Morgan fingerprint density at radius 3 is 2.33 bits per heavy atom. The molecule has 118 valence electrons. The first kappa shape index (κ1) is 16.1. The number of alkyl halides is 3. The number of rotatable bonds is 4. The van der Waals surface area contributed by atoms with Gasteiger partial charge in [-0.25, -0.2) is 0 Å². The molecular formula is C15H21F3N2O. The van der Waals surface area contributed by atoms with E-state index in [2.05, 4.69) is 23.5 Å². The smallest absolute Gasteiger partial charge is 0.406 e. The molecule has 1 aliphatic rings. The van der Waals surface area contributed by atoms with Gasteiger partial charge in [-0.05, 0) is 50.9 Å². The van der Waals surface area contributed by atoms with Crippen LogP contribution in [0.25, 0.3) is 0 Å². The molecule has 0 aromatic heterocycles.